The maximum atomic E-state index is 11.1. The maximum absolute atomic E-state index is 11.1. The number of aryl methyl sites for hydroxylation is 1. The second kappa shape index (κ2) is 5.98. The molecule has 0 atom stereocenters. The Hall–Kier alpha value is -1.39. The Bertz CT molecular complexity index is 409. The van der Waals surface area contributed by atoms with E-state index in [1.165, 1.54) is 32.1 Å². The van der Waals surface area contributed by atoms with Gasteiger partial charge in [-0.15, -0.1) is 5.10 Å². The first-order valence-electron chi connectivity index (χ1n) is 6.93. The number of nitrogens with two attached hydrogens (primary N) is 1. The van der Waals surface area contributed by atoms with E-state index in [0.29, 0.717) is 5.92 Å². The van der Waals surface area contributed by atoms with Crippen molar-refractivity contribution in [3.63, 3.8) is 0 Å². The molecule has 2 rings (SSSR count). The molecule has 1 heterocycles. The fraction of sp³-hybridized carbons (Fsp3) is 0.769. The van der Waals surface area contributed by atoms with Crippen LogP contribution in [0.4, 0.5) is 0 Å². The minimum Gasteiger partial charge on any atom is -0.369 e. The third-order valence-corrected chi connectivity index (χ3v) is 3.65. The summed E-state index contributed by atoms with van der Waals surface area (Å²) in [5.41, 5.74) is 7.23. The molecular weight excluding hydrogens is 228 g/mol. The molecule has 0 saturated heterocycles. The number of primary amides is 1. The molecule has 0 aliphatic heterocycles. The van der Waals surface area contributed by atoms with Crippen LogP contribution in [-0.4, -0.2) is 20.9 Å². The third-order valence-electron chi connectivity index (χ3n) is 3.65. The van der Waals surface area contributed by atoms with Crippen molar-refractivity contribution in [2.45, 2.75) is 64.3 Å². The Morgan fingerprint density at radius 2 is 2.22 bits per heavy atom. The summed E-state index contributed by atoms with van der Waals surface area (Å²) in [6.45, 7) is 3.10. The number of aromatic nitrogens is 3. The number of hydrogen-bond donors (Lipinski definition) is 1. The molecule has 1 aliphatic rings. The number of carbonyl (C=O) groups excluding carboxylic acids is 1. The molecule has 0 radical (unpaired) electrons. The highest BCUT2D eigenvalue weighted by atomic mass is 16.1. The zero-order valence-corrected chi connectivity index (χ0v) is 11.1. The molecule has 1 fully saturated rings. The van der Waals surface area contributed by atoms with Gasteiger partial charge in [-0.2, -0.15) is 0 Å². The second-order valence-corrected chi connectivity index (χ2v) is 5.12. The van der Waals surface area contributed by atoms with Crippen molar-refractivity contribution in [2.24, 2.45) is 5.73 Å². The van der Waals surface area contributed by atoms with Crippen LogP contribution in [0.5, 0.6) is 0 Å². The molecule has 18 heavy (non-hydrogen) atoms. The quantitative estimate of drug-likeness (QED) is 0.749. The Morgan fingerprint density at radius 1 is 1.44 bits per heavy atom. The third kappa shape index (κ3) is 2.89. The molecular formula is C13H22N4O. The van der Waals surface area contributed by atoms with E-state index < -0.39 is 0 Å². The van der Waals surface area contributed by atoms with Gasteiger partial charge in [-0.25, -0.2) is 4.68 Å². The number of hydrogen-bond acceptors (Lipinski definition) is 3. The number of nitrogens with zero attached hydrogens (tertiary/aromatic N) is 3. The van der Waals surface area contributed by atoms with Crippen molar-refractivity contribution in [2.75, 3.05) is 0 Å². The van der Waals surface area contributed by atoms with Crippen molar-refractivity contribution in [1.29, 1.82) is 0 Å². The molecule has 1 aliphatic carbocycles. The predicted molar refractivity (Wildman–Crippen MR) is 69.0 cm³/mol. The smallest absolute Gasteiger partial charge is 0.223 e. The van der Waals surface area contributed by atoms with E-state index in [2.05, 4.69) is 17.2 Å². The van der Waals surface area contributed by atoms with E-state index in [1.54, 1.807) is 0 Å². The Morgan fingerprint density at radius 3 is 2.78 bits per heavy atom. The number of amides is 1. The van der Waals surface area contributed by atoms with Gasteiger partial charge in [-0.1, -0.05) is 31.4 Å². The summed E-state index contributed by atoms with van der Waals surface area (Å²) < 4.78 is 2.00. The van der Waals surface area contributed by atoms with E-state index in [4.69, 9.17) is 5.73 Å². The van der Waals surface area contributed by atoms with Gasteiger partial charge in [-0.05, 0) is 19.3 Å². The molecule has 1 aromatic rings. The lowest BCUT2D eigenvalue weighted by atomic mass is 9.81. The fourth-order valence-electron chi connectivity index (χ4n) is 2.45. The lowest BCUT2D eigenvalue weighted by Gasteiger charge is -2.26. The van der Waals surface area contributed by atoms with E-state index in [0.717, 1.165) is 24.4 Å². The molecule has 5 nitrogen and oxygen atoms in total. The topological polar surface area (TPSA) is 73.8 Å². The van der Waals surface area contributed by atoms with Gasteiger partial charge in [0.2, 0.25) is 5.91 Å². The van der Waals surface area contributed by atoms with Crippen LogP contribution >= 0.6 is 0 Å². The molecule has 2 N–H and O–H groups in total. The summed E-state index contributed by atoms with van der Waals surface area (Å²) in [6.07, 6.45) is 7.38. The zero-order chi connectivity index (χ0) is 13.0. The number of carbonyl (C=O) groups is 1. The van der Waals surface area contributed by atoms with E-state index in [1.807, 2.05) is 4.68 Å². The Balaban J connectivity index is 2.12. The van der Waals surface area contributed by atoms with Crippen molar-refractivity contribution < 1.29 is 4.79 Å². The average Bonchev–Trinajstić information content (AvgIpc) is 2.60. The SMILES string of the molecule is CCCCCn1nnc(CC(N)=O)c1C1CCC1. The van der Waals surface area contributed by atoms with Crippen LogP contribution in [0.3, 0.4) is 0 Å². The van der Waals surface area contributed by atoms with Crippen LogP contribution < -0.4 is 5.73 Å². The first-order valence-corrected chi connectivity index (χ1v) is 6.93. The largest absolute Gasteiger partial charge is 0.369 e. The van der Waals surface area contributed by atoms with Gasteiger partial charge in [0, 0.05) is 12.5 Å². The molecule has 5 heteroatoms. The lowest BCUT2D eigenvalue weighted by molar-refractivity contribution is -0.117. The van der Waals surface area contributed by atoms with E-state index in [-0.39, 0.29) is 12.3 Å². The van der Waals surface area contributed by atoms with Gasteiger partial charge in [0.25, 0.3) is 0 Å². The highest BCUT2D eigenvalue weighted by Crippen LogP contribution is 2.37. The fourth-order valence-corrected chi connectivity index (χ4v) is 2.45. The van der Waals surface area contributed by atoms with Gasteiger partial charge in [0.15, 0.2) is 0 Å². The van der Waals surface area contributed by atoms with Crippen LogP contribution in [0.1, 0.15) is 62.8 Å². The van der Waals surface area contributed by atoms with E-state index in [9.17, 15) is 4.79 Å². The van der Waals surface area contributed by atoms with Gasteiger partial charge >= 0.3 is 0 Å². The molecule has 0 aromatic carbocycles. The van der Waals surface area contributed by atoms with Gasteiger partial charge < -0.3 is 5.73 Å². The van der Waals surface area contributed by atoms with Crippen LogP contribution in [0.15, 0.2) is 0 Å². The lowest BCUT2D eigenvalue weighted by Crippen LogP contribution is -2.20. The van der Waals surface area contributed by atoms with Gasteiger partial charge in [0.1, 0.15) is 0 Å². The monoisotopic (exact) mass is 250 g/mol. The minimum absolute atomic E-state index is 0.222. The molecule has 0 unspecified atom stereocenters. The number of rotatable bonds is 7. The van der Waals surface area contributed by atoms with Crippen LogP contribution in [-0.2, 0) is 17.8 Å². The van der Waals surface area contributed by atoms with Crippen molar-refractivity contribution in [3.05, 3.63) is 11.4 Å². The molecule has 0 spiro atoms. The average molecular weight is 250 g/mol. The standard InChI is InChI=1S/C13H22N4O/c1-2-3-4-8-17-13(10-6-5-7-10)11(15-16-17)9-12(14)18/h10H,2-9H2,1H3,(H2,14,18). The molecule has 100 valence electrons. The highest BCUT2D eigenvalue weighted by molar-refractivity contribution is 5.76. The molecule has 1 aromatic heterocycles. The van der Waals surface area contributed by atoms with E-state index >= 15 is 0 Å². The van der Waals surface area contributed by atoms with Crippen molar-refractivity contribution in [1.82, 2.24) is 15.0 Å². The molecule has 1 amide bonds. The number of unbranched alkanes of at least 4 members (excludes halogenated alkanes) is 2. The summed E-state index contributed by atoms with van der Waals surface area (Å²) >= 11 is 0. The van der Waals surface area contributed by atoms with Crippen LogP contribution in [0, 0.1) is 0 Å². The minimum atomic E-state index is -0.323. The highest BCUT2D eigenvalue weighted by Gasteiger charge is 2.27. The van der Waals surface area contributed by atoms with Crippen LogP contribution in [0.2, 0.25) is 0 Å². The predicted octanol–water partition coefficient (Wildman–Crippen LogP) is 1.76. The Kier molecular flexibility index (Phi) is 4.33. The van der Waals surface area contributed by atoms with Crippen molar-refractivity contribution >= 4 is 5.91 Å². The normalized spacial score (nSPS) is 15.6. The summed E-state index contributed by atoms with van der Waals surface area (Å²) in [6, 6.07) is 0. The Labute approximate surface area is 108 Å². The summed E-state index contributed by atoms with van der Waals surface area (Å²) in [5.74, 6) is 0.215. The summed E-state index contributed by atoms with van der Waals surface area (Å²) in [5, 5.41) is 8.35. The first kappa shape index (κ1) is 13.1. The summed E-state index contributed by atoms with van der Waals surface area (Å²) in [4.78, 5) is 11.1. The zero-order valence-electron chi connectivity index (χ0n) is 11.1. The van der Waals surface area contributed by atoms with Crippen molar-refractivity contribution in [3.8, 4) is 0 Å². The van der Waals surface area contributed by atoms with Gasteiger partial charge in [-0.3, -0.25) is 4.79 Å². The first-order chi connectivity index (χ1) is 8.72. The summed E-state index contributed by atoms with van der Waals surface area (Å²) in [7, 11) is 0. The maximum Gasteiger partial charge on any atom is 0.223 e. The van der Waals surface area contributed by atoms with Gasteiger partial charge in [0.05, 0.1) is 17.8 Å². The molecule has 1 saturated carbocycles. The molecule has 0 bridgehead atoms. The van der Waals surface area contributed by atoms with Crippen LogP contribution in [0.25, 0.3) is 0 Å². The second-order valence-electron chi connectivity index (χ2n) is 5.12.